The zero-order valence-electron chi connectivity index (χ0n) is 20.4. The van der Waals surface area contributed by atoms with Gasteiger partial charge in [0.25, 0.3) is 5.91 Å². The molecule has 0 spiro atoms. The fourth-order valence-electron chi connectivity index (χ4n) is 4.22. The molecule has 0 radical (unpaired) electrons. The van der Waals surface area contributed by atoms with E-state index in [0.717, 1.165) is 6.54 Å². The first kappa shape index (κ1) is 26.9. The quantitative estimate of drug-likeness (QED) is 0.352. The van der Waals surface area contributed by atoms with E-state index in [1.165, 1.54) is 0 Å². The Morgan fingerprint density at radius 2 is 1.94 bits per heavy atom. The lowest BCUT2D eigenvalue weighted by molar-refractivity contribution is -0.129. The maximum Gasteiger partial charge on any atom is 0.411 e. The lowest BCUT2D eigenvalue weighted by atomic mass is 9.94. The number of aliphatic hydroxyl groups excluding tert-OH is 2. The molecule has 4 N–H and O–H groups in total. The highest BCUT2D eigenvalue weighted by molar-refractivity contribution is 5.96. The maximum absolute atomic E-state index is 13.4. The number of para-hydroxylation sites is 1. The zero-order chi connectivity index (χ0) is 25.2. The summed E-state index contributed by atoms with van der Waals surface area (Å²) in [5, 5.41) is 25.2. The summed E-state index contributed by atoms with van der Waals surface area (Å²) < 4.78 is 11.1. The van der Waals surface area contributed by atoms with Gasteiger partial charge in [-0.2, -0.15) is 0 Å². The predicted molar refractivity (Wildman–Crippen MR) is 133 cm³/mol. The highest BCUT2D eigenvalue weighted by Crippen LogP contribution is 2.23. The Hall–Kier alpha value is -2.72. The van der Waals surface area contributed by atoms with E-state index in [2.05, 4.69) is 10.6 Å². The number of hydrogen-bond acceptors (Lipinski definition) is 7. The first-order valence-corrected chi connectivity index (χ1v) is 12.2. The Morgan fingerprint density at radius 1 is 1.20 bits per heavy atom. The van der Waals surface area contributed by atoms with Crippen LogP contribution in [0.25, 0.3) is 0 Å². The summed E-state index contributed by atoms with van der Waals surface area (Å²) in [6.07, 6.45) is 3.36. The van der Waals surface area contributed by atoms with Gasteiger partial charge in [-0.15, -0.1) is 0 Å². The number of hydrogen-bond donors (Lipinski definition) is 4. The molecule has 1 aromatic carbocycles. The molecule has 2 amide bonds. The lowest BCUT2D eigenvalue weighted by Crippen LogP contribution is -2.44. The minimum Gasteiger partial charge on any atom is -0.449 e. The second-order valence-corrected chi connectivity index (χ2v) is 9.20. The van der Waals surface area contributed by atoms with Gasteiger partial charge in [0.2, 0.25) is 0 Å². The van der Waals surface area contributed by atoms with E-state index in [1.807, 2.05) is 36.9 Å². The van der Waals surface area contributed by atoms with E-state index in [1.54, 1.807) is 30.4 Å². The van der Waals surface area contributed by atoms with Gasteiger partial charge in [0.15, 0.2) is 0 Å². The SMILES string of the molecule is CC(C)N(C[C@@H]1CNC[C@H]1COC(=O)Nc1ccccc1)C(=O)C1=CC(OCCCO)C(O)C=C1. The van der Waals surface area contributed by atoms with Gasteiger partial charge in [0.05, 0.1) is 6.61 Å². The Bertz CT molecular complexity index is 888. The van der Waals surface area contributed by atoms with E-state index < -0.39 is 18.3 Å². The first-order valence-electron chi connectivity index (χ1n) is 12.2. The topological polar surface area (TPSA) is 120 Å². The Morgan fingerprint density at radius 3 is 2.66 bits per heavy atom. The van der Waals surface area contributed by atoms with Crippen molar-refractivity contribution in [2.24, 2.45) is 11.8 Å². The van der Waals surface area contributed by atoms with E-state index in [4.69, 9.17) is 14.6 Å². The molecule has 4 atom stereocenters. The first-order chi connectivity index (χ1) is 16.9. The summed E-state index contributed by atoms with van der Waals surface area (Å²) in [6, 6.07) is 9.10. The molecule has 2 unspecified atom stereocenters. The van der Waals surface area contributed by atoms with Gasteiger partial charge in [-0.1, -0.05) is 30.4 Å². The van der Waals surface area contributed by atoms with Crippen molar-refractivity contribution in [3.8, 4) is 0 Å². The fourth-order valence-corrected chi connectivity index (χ4v) is 4.22. The van der Waals surface area contributed by atoms with Crippen LogP contribution in [0.3, 0.4) is 0 Å². The van der Waals surface area contributed by atoms with Crippen LogP contribution in [0.15, 0.2) is 54.1 Å². The van der Waals surface area contributed by atoms with Crippen molar-refractivity contribution >= 4 is 17.7 Å². The molecule has 9 nitrogen and oxygen atoms in total. The number of rotatable bonds is 11. The molecule has 0 bridgehead atoms. The highest BCUT2D eigenvalue weighted by Gasteiger charge is 2.33. The fraction of sp³-hybridized carbons (Fsp3) is 0.538. The van der Waals surface area contributed by atoms with Gasteiger partial charge >= 0.3 is 6.09 Å². The van der Waals surface area contributed by atoms with Crippen LogP contribution in [0.4, 0.5) is 10.5 Å². The van der Waals surface area contributed by atoms with E-state index in [-0.39, 0.29) is 37.0 Å². The minimum absolute atomic E-state index is 0.00348. The molecular weight excluding hydrogens is 450 g/mol. The van der Waals surface area contributed by atoms with Crippen LogP contribution < -0.4 is 10.6 Å². The Kier molecular flexibility index (Phi) is 10.3. The van der Waals surface area contributed by atoms with Crippen molar-refractivity contribution in [2.45, 2.75) is 38.5 Å². The monoisotopic (exact) mass is 487 g/mol. The summed E-state index contributed by atoms with van der Waals surface area (Å²) >= 11 is 0. The van der Waals surface area contributed by atoms with Gasteiger partial charge < -0.3 is 29.9 Å². The number of carbonyl (C=O) groups excluding carboxylic acids is 2. The van der Waals surface area contributed by atoms with Crippen molar-refractivity contribution in [3.63, 3.8) is 0 Å². The molecule has 1 aliphatic carbocycles. The Balaban J connectivity index is 1.58. The summed E-state index contributed by atoms with van der Waals surface area (Å²) in [4.78, 5) is 27.4. The van der Waals surface area contributed by atoms with Crippen molar-refractivity contribution in [2.75, 3.05) is 44.8 Å². The summed E-state index contributed by atoms with van der Waals surface area (Å²) in [7, 11) is 0. The lowest BCUT2D eigenvalue weighted by Gasteiger charge is -2.33. The van der Waals surface area contributed by atoms with E-state index >= 15 is 0 Å². The van der Waals surface area contributed by atoms with Crippen LogP contribution in [0.1, 0.15) is 20.3 Å². The van der Waals surface area contributed by atoms with E-state index in [9.17, 15) is 14.7 Å². The van der Waals surface area contributed by atoms with Gasteiger partial charge in [0, 0.05) is 56.1 Å². The number of carbonyl (C=O) groups is 2. The predicted octanol–water partition coefficient (Wildman–Crippen LogP) is 1.93. The molecule has 1 aromatic rings. The molecule has 1 fully saturated rings. The second kappa shape index (κ2) is 13.4. The molecule has 35 heavy (non-hydrogen) atoms. The number of nitrogens with one attached hydrogen (secondary N) is 2. The van der Waals surface area contributed by atoms with E-state index in [0.29, 0.717) is 37.4 Å². The molecule has 192 valence electrons. The van der Waals surface area contributed by atoms with Crippen molar-refractivity contribution in [1.29, 1.82) is 0 Å². The molecule has 3 rings (SSSR count). The zero-order valence-corrected chi connectivity index (χ0v) is 20.4. The van der Waals surface area contributed by atoms with Crippen molar-refractivity contribution < 1.29 is 29.3 Å². The third-order valence-corrected chi connectivity index (χ3v) is 6.26. The minimum atomic E-state index is -0.833. The normalized spacial score (nSPS) is 23.7. The molecule has 1 saturated heterocycles. The van der Waals surface area contributed by atoms with Crippen LogP contribution >= 0.6 is 0 Å². The van der Waals surface area contributed by atoms with Crippen LogP contribution in [0.2, 0.25) is 0 Å². The number of ether oxygens (including phenoxy) is 2. The second-order valence-electron chi connectivity index (χ2n) is 9.20. The Labute approximate surface area is 206 Å². The average molecular weight is 488 g/mol. The third-order valence-electron chi connectivity index (χ3n) is 6.26. The third kappa shape index (κ3) is 7.90. The van der Waals surface area contributed by atoms with Gasteiger partial charge in [-0.3, -0.25) is 10.1 Å². The largest absolute Gasteiger partial charge is 0.449 e. The molecule has 9 heteroatoms. The van der Waals surface area contributed by atoms with Crippen molar-refractivity contribution in [3.05, 3.63) is 54.1 Å². The van der Waals surface area contributed by atoms with Crippen LogP contribution in [0.5, 0.6) is 0 Å². The van der Waals surface area contributed by atoms with Gasteiger partial charge in [-0.25, -0.2) is 4.79 Å². The van der Waals surface area contributed by atoms with Crippen LogP contribution in [-0.4, -0.2) is 84.8 Å². The summed E-state index contributed by atoms with van der Waals surface area (Å²) in [6.45, 7) is 6.44. The smallest absolute Gasteiger partial charge is 0.411 e. The van der Waals surface area contributed by atoms with Crippen LogP contribution in [0, 0.1) is 11.8 Å². The molecule has 0 saturated carbocycles. The number of nitrogens with zero attached hydrogens (tertiary/aromatic N) is 1. The standard InChI is InChI=1S/C26H37N3O6/c1-18(2)29(25(32)19-9-10-23(31)24(13-19)34-12-6-11-30)16-20-14-27-15-21(20)17-35-26(33)28-22-7-4-3-5-8-22/h3-5,7-10,13,18,20-21,23-24,27,30-31H,6,11-12,14-17H2,1-2H3,(H,28,33)/t20-,21-,23?,24?/m0/s1. The molecule has 0 aromatic heterocycles. The molecule has 1 heterocycles. The maximum atomic E-state index is 13.4. The van der Waals surface area contributed by atoms with Gasteiger partial charge in [-0.05, 0) is 44.4 Å². The highest BCUT2D eigenvalue weighted by atomic mass is 16.5. The number of amides is 2. The van der Waals surface area contributed by atoms with Gasteiger partial charge in [0.1, 0.15) is 12.2 Å². The number of anilines is 1. The average Bonchev–Trinajstić information content (AvgIpc) is 3.29. The number of benzene rings is 1. The summed E-state index contributed by atoms with van der Waals surface area (Å²) in [5.41, 5.74) is 1.15. The molecular formula is C26H37N3O6. The summed E-state index contributed by atoms with van der Waals surface area (Å²) in [5.74, 6) is 0.0753. The van der Waals surface area contributed by atoms with Crippen molar-refractivity contribution in [1.82, 2.24) is 10.2 Å². The molecule has 1 aliphatic heterocycles. The molecule has 2 aliphatic rings. The number of aliphatic hydroxyl groups is 2. The van der Waals surface area contributed by atoms with Crippen LogP contribution in [-0.2, 0) is 14.3 Å².